The average Bonchev–Trinajstić information content (AvgIpc) is 3.27. The molecule has 1 saturated heterocycles. The molecule has 2 aliphatic heterocycles. The number of nitrogens with zero attached hydrogens (tertiary/aromatic N) is 4. The van der Waals surface area contributed by atoms with Crippen LogP contribution in [-0.2, 0) is 13.0 Å². The predicted octanol–water partition coefficient (Wildman–Crippen LogP) is 3.08. The fraction of sp³-hybridized carbons (Fsp3) is 0.522. The summed E-state index contributed by atoms with van der Waals surface area (Å²) in [4.78, 5) is 19.7. The molecule has 164 valence electrons. The molecule has 8 heteroatoms. The molecular weight excluding hydrogens is 399 g/mol. The quantitative estimate of drug-likeness (QED) is 0.685. The van der Waals surface area contributed by atoms with E-state index in [1.807, 2.05) is 0 Å². The molecule has 0 aliphatic carbocycles. The minimum atomic E-state index is -1.83. The SMILES string of the molecule is [2H]c1c(F)c([2H])c2onc(C3CCN(CCc4c(C)nc5n(c4=O)CCCC5([2H])O)CC3)c2c1[2H]. The van der Waals surface area contributed by atoms with Gasteiger partial charge in [-0.3, -0.25) is 9.36 Å². The summed E-state index contributed by atoms with van der Waals surface area (Å²) in [6, 6.07) is -1.46. The van der Waals surface area contributed by atoms with Crippen LogP contribution < -0.4 is 5.56 Å². The highest BCUT2D eigenvalue weighted by molar-refractivity contribution is 5.79. The standard InChI is InChI=1S/C23H27FN4O3/c1-14-17(23(30)28-9-2-3-19(29)22(28)25-14)8-12-27-10-6-15(7-11-27)21-18-5-4-16(24)13-20(18)31-26-21/h4-5,13,15,19,29H,2-3,6-12H2,1H3/i4D,5D,13D,19D. The summed E-state index contributed by atoms with van der Waals surface area (Å²) in [6.07, 6.45) is 0.914. The average molecular weight is 431 g/mol. The van der Waals surface area contributed by atoms with Gasteiger partial charge in [0.1, 0.15) is 17.7 Å². The third kappa shape index (κ3) is 3.78. The Labute approximate surface area is 185 Å². The Kier molecular flexibility index (Phi) is 4.24. The Bertz CT molecular complexity index is 1370. The molecule has 1 unspecified atom stereocenters. The van der Waals surface area contributed by atoms with Crippen LogP contribution in [0.3, 0.4) is 0 Å². The smallest absolute Gasteiger partial charge is 0.257 e. The molecule has 1 atom stereocenters. The fourth-order valence-corrected chi connectivity index (χ4v) is 4.67. The second-order valence-corrected chi connectivity index (χ2v) is 8.33. The van der Waals surface area contributed by atoms with Gasteiger partial charge in [-0.05, 0) is 64.2 Å². The van der Waals surface area contributed by atoms with E-state index in [0.717, 1.165) is 13.1 Å². The zero-order chi connectivity index (χ0) is 25.1. The molecule has 2 aromatic heterocycles. The van der Waals surface area contributed by atoms with Gasteiger partial charge in [0.25, 0.3) is 5.56 Å². The van der Waals surface area contributed by atoms with Crippen molar-refractivity contribution in [2.45, 2.75) is 57.6 Å². The molecule has 4 heterocycles. The van der Waals surface area contributed by atoms with E-state index in [0.29, 0.717) is 55.7 Å². The first kappa shape index (κ1) is 16.1. The van der Waals surface area contributed by atoms with Crippen molar-refractivity contribution >= 4 is 11.0 Å². The van der Waals surface area contributed by atoms with Crippen molar-refractivity contribution in [1.29, 1.82) is 0 Å². The minimum Gasteiger partial charge on any atom is -0.385 e. The molecule has 1 N–H and O–H groups in total. The number of rotatable bonds is 4. The first-order valence-corrected chi connectivity index (χ1v) is 10.7. The van der Waals surface area contributed by atoms with E-state index in [9.17, 15) is 14.3 Å². The maximum Gasteiger partial charge on any atom is 0.257 e. The number of piperidine rings is 1. The first-order chi connectivity index (χ1) is 16.6. The predicted molar refractivity (Wildman–Crippen MR) is 114 cm³/mol. The third-order valence-electron chi connectivity index (χ3n) is 6.41. The van der Waals surface area contributed by atoms with Gasteiger partial charge in [-0.25, -0.2) is 9.37 Å². The van der Waals surface area contributed by atoms with Crippen LogP contribution in [0.4, 0.5) is 4.39 Å². The van der Waals surface area contributed by atoms with Crippen molar-refractivity contribution in [2.24, 2.45) is 0 Å². The highest BCUT2D eigenvalue weighted by Gasteiger charge is 2.26. The topological polar surface area (TPSA) is 84.4 Å². The monoisotopic (exact) mass is 430 g/mol. The van der Waals surface area contributed by atoms with Crippen LogP contribution in [0.1, 0.15) is 65.9 Å². The van der Waals surface area contributed by atoms with Gasteiger partial charge in [0.2, 0.25) is 0 Å². The van der Waals surface area contributed by atoms with Gasteiger partial charge < -0.3 is 14.5 Å². The Morgan fingerprint density at radius 1 is 1.32 bits per heavy atom. The summed E-state index contributed by atoms with van der Waals surface area (Å²) in [6.45, 7) is 4.29. The van der Waals surface area contributed by atoms with Gasteiger partial charge in [0, 0.05) is 41.7 Å². The van der Waals surface area contributed by atoms with Crippen molar-refractivity contribution < 1.29 is 19.5 Å². The van der Waals surface area contributed by atoms with Crippen LogP contribution in [0.2, 0.25) is 0 Å². The van der Waals surface area contributed by atoms with E-state index in [-0.39, 0.29) is 40.7 Å². The minimum absolute atomic E-state index is 0.0339. The Morgan fingerprint density at radius 2 is 2.13 bits per heavy atom. The maximum absolute atomic E-state index is 14.0. The van der Waals surface area contributed by atoms with Crippen molar-refractivity contribution in [3.8, 4) is 0 Å². The van der Waals surface area contributed by atoms with E-state index in [1.54, 1.807) is 6.92 Å². The van der Waals surface area contributed by atoms with Crippen LogP contribution in [0, 0.1) is 12.7 Å². The lowest BCUT2D eigenvalue weighted by molar-refractivity contribution is 0.129. The normalized spacial score (nSPS) is 24.5. The van der Waals surface area contributed by atoms with Crippen LogP contribution in [0.5, 0.6) is 0 Å². The molecule has 2 aliphatic rings. The van der Waals surface area contributed by atoms with Crippen LogP contribution in [0.15, 0.2) is 27.4 Å². The number of likely N-dealkylation sites (tertiary alicyclic amines) is 1. The summed E-state index contributed by atoms with van der Waals surface area (Å²) in [5.41, 5.74) is 1.38. The van der Waals surface area contributed by atoms with Gasteiger partial charge >= 0.3 is 0 Å². The van der Waals surface area contributed by atoms with E-state index < -0.39 is 24.0 Å². The highest BCUT2D eigenvalue weighted by atomic mass is 19.1. The lowest BCUT2D eigenvalue weighted by atomic mass is 9.91. The summed E-state index contributed by atoms with van der Waals surface area (Å²) in [5.74, 6) is -0.986. The number of halogens is 1. The maximum atomic E-state index is 14.0. The fourth-order valence-electron chi connectivity index (χ4n) is 4.67. The molecule has 0 bridgehead atoms. The lowest BCUT2D eigenvalue weighted by Gasteiger charge is -2.31. The van der Waals surface area contributed by atoms with E-state index in [4.69, 9.17) is 10.0 Å². The van der Waals surface area contributed by atoms with Crippen LogP contribution in [0.25, 0.3) is 11.0 Å². The number of hydrogen-bond donors (Lipinski definition) is 1. The van der Waals surface area contributed by atoms with Gasteiger partial charge in [-0.2, -0.15) is 0 Å². The number of aromatic nitrogens is 3. The lowest BCUT2D eigenvalue weighted by Crippen LogP contribution is -2.37. The summed E-state index contributed by atoms with van der Waals surface area (Å²) < 4.78 is 52.5. The number of fused-ring (bicyclic) bond motifs is 2. The van der Waals surface area contributed by atoms with Crippen molar-refractivity contribution in [3.63, 3.8) is 0 Å². The second kappa shape index (κ2) is 8.16. The second-order valence-electron chi connectivity index (χ2n) is 8.33. The first-order valence-electron chi connectivity index (χ1n) is 12.7. The Hall–Kier alpha value is -2.58. The van der Waals surface area contributed by atoms with Gasteiger partial charge in [0.15, 0.2) is 5.58 Å². The number of hydrogen-bond acceptors (Lipinski definition) is 6. The van der Waals surface area contributed by atoms with Crippen molar-refractivity contribution in [3.05, 3.63) is 57.1 Å². The number of aryl methyl sites for hydroxylation is 1. The van der Waals surface area contributed by atoms with Gasteiger partial charge in [-0.1, -0.05) is 5.16 Å². The Morgan fingerprint density at radius 3 is 2.94 bits per heavy atom. The van der Waals surface area contributed by atoms with Crippen LogP contribution in [-0.4, -0.2) is 44.3 Å². The molecule has 1 aromatic carbocycles. The summed E-state index contributed by atoms with van der Waals surface area (Å²) >= 11 is 0. The highest BCUT2D eigenvalue weighted by Crippen LogP contribution is 2.32. The molecule has 31 heavy (non-hydrogen) atoms. The molecule has 0 amide bonds. The van der Waals surface area contributed by atoms with E-state index >= 15 is 0 Å². The Balaban J connectivity index is 1.29. The third-order valence-corrected chi connectivity index (χ3v) is 6.41. The molecule has 5 rings (SSSR count). The van der Waals surface area contributed by atoms with Crippen LogP contribution >= 0.6 is 0 Å². The number of aliphatic hydroxyl groups is 1. The molecule has 0 spiro atoms. The molecule has 0 saturated carbocycles. The van der Waals surface area contributed by atoms with E-state index in [2.05, 4.69) is 15.0 Å². The zero-order valence-electron chi connectivity index (χ0n) is 21.4. The molecule has 3 aromatic rings. The summed E-state index contributed by atoms with van der Waals surface area (Å²) in [5, 5.41) is 14.6. The largest absolute Gasteiger partial charge is 0.385 e. The van der Waals surface area contributed by atoms with Crippen molar-refractivity contribution in [2.75, 3.05) is 19.6 Å². The van der Waals surface area contributed by atoms with Gasteiger partial charge in [-0.15, -0.1) is 0 Å². The number of benzene rings is 1. The van der Waals surface area contributed by atoms with Gasteiger partial charge in [0.05, 0.1) is 11.2 Å². The molecule has 7 nitrogen and oxygen atoms in total. The molecule has 0 radical (unpaired) electrons. The molecular formula is C23H27FN4O3. The van der Waals surface area contributed by atoms with E-state index in [1.165, 1.54) is 4.57 Å². The molecule has 1 fully saturated rings. The zero-order valence-corrected chi connectivity index (χ0v) is 17.4. The van der Waals surface area contributed by atoms with Crippen molar-refractivity contribution in [1.82, 2.24) is 19.6 Å². The summed E-state index contributed by atoms with van der Waals surface area (Å²) in [7, 11) is 0.